The van der Waals surface area contributed by atoms with Crippen molar-refractivity contribution in [1.82, 2.24) is 25.1 Å². The van der Waals surface area contributed by atoms with Crippen molar-refractivity contribution < 1.29 is 38.5 Å². The number of ether oxygens (including phenoxy) is 3. The molecule has 3 amide bonds. The zero-order valence-corrected chi connectivity index (χ0v) is 25.3. The molecule has 0 bridgehead atoms. The van der Waals surface area contributed by atoms with Crippen LogP contribution in [0.15, 0.2) is 66.9 Å². The van der Waals surface area contributed by atoms with Gasteiger partial charge in [0.15, 0.2) is 0 Å². The van der Waals surface area contributed by atoms with Crippen LogP contribution in [0.5, 0.6) is 11.5 Å². The fourth-order valence-corrected chi connectivity index (χ4v) is 4.94. The zero-order valence-electron chi connectivity index (χ0n) is 25.3. The number of aromatic nitrogens is 2. The Morgan fingerprint density at radius 3 is 2.27 bits per heavy atom. The highest BCUT2D eigenvalue weighted by Gasteiger charge is 2.34. The molecule has 1 unspecified atom stereocenters. The summed E-state index contributed by atoms with van der Waals surface area (Å²) in [5.74, 6) is -0.660. The van der Waals surface area contributed by atoms with Crippen LogP contribution in [0.2, 0.25) is 0 Å². The number of aliphatic carboxylic acids is 1. The van der Waals surface area contributed by atoms with E-state index in [-0.39, 0.29) is 44.9 Å². The summed E-state index contributed by atoms with van der Waals surface area (Å²) < 4.78 is 15.5. The minimum atomic E-state index is -1.09. The molecule has 13 heteroatoms. The molecule has 4 aromatic rings. The molecule has 0 saturated carbocycles. The molecule has 2 aromatic heterocycles. The highest BCUT2D eigenvalue weighted by atomic mass is 16.6. The van der Waals surface area contributed by atoms with Crippen LogP contribution in [0.1, 0.15) is 23.8 Å². The molecule has 2 N–H and O–H groups in total. The molecule has 13 nitrogen and oxygen atoms in total. The maximum atomic E-state index is 12.7. The number of hydrogen-bond acceptors (Lipinski definition) is 9. The Labute approximate surface area is 259 Å². The van der Waals surface area contributed by atoms with E-state index in [2.05, 4.69) is 15.3 Å². The molecular weight excluding hydrogens is 582 g/mol. The number of amides is 3. The topological polar surface area (TPSA) is 160 Å². The van der Waals surface area contributed by atoms with Gasteiger partial charge in [0.05, 0.1) is 50.9 Å². The predicted octanol–water partition coefficient (Wildman–Crippen LogP) is 3.36. The van der Waals surface area contributed by atoms with Gasteiger partial charge in [-0.1, -0.05) is 24.3 Å². The van der Waals surface area contributed by atoms with Crippen LogP contribution in [0.25, 0.3) is 21.8 Å². The van der Waals surface area contributed by atoms with Gasteiger partial charge in [0.2, 0.25) is 5.91 Å². The fraction of sp³-hybridized carbons (Fsp3) is 0.312. The summed E-state index contributed by atoms with van der Waals surface area (Å²) in [7, 11) is 3.16. The van der Waals surface area contributed by atoms with E-state index in [1.165, 1.54) is 23.0 Å². The van der Waals surface area contributed by atoms with Gasteiger partial charge >= 0.3 is 12.1 Å². The summed E-state index contributed by atoms with van der Waals surface area (Å²) in [4.78, 5) is 59.9. The molecule has 1 aliphatic rings. The lowest BCUT2D eigenvalue weighted by atomic mass is 10.1. The third-order valence-corrected chi connectivity index (χ3v) is 7.11. The number of fused-ring (bicyclic) bond motifs is 2. The second kappa shape index (κ2) is 15.3. The van der Waals surface area contributed by atoms with Crippen molar-refractivity contribution in [3.63, 3.8) is 0 Å². The van der Waals surface area contributed by atoms with Crippen LogP contribution in [-0.2, 0) is 14.3 Å². The van der Waals surface area contributed by atoms with Gasteiger partial charge in [-0.25, -0.2) is 9.78 Å². The number of rotatable bonds is 8. The molecule has 1 saturated heterocycles. The molecule has 1 aliphatic heterocycles. The molecule has 3 heterocycles. The van der Waals surface area contributed by atoms with Crippen molar-refractivity contribution in [3.8, 4) is 11.5 Å². The first kappa shape index (κ1) is 32.5. The quantitative estimate of drug-likeness (QED) is 0.300. The number of carboxylic acids is 1. The van der Waals surface area contributed by atoms with Crippen LogP contribution in [0.4, 0.5) is 4.79 Å². The number of carbonyl (C=O) groups is 4. The molecule has 1 atom stereocenters. The summed E-state index contributed by atoms with van der Waals surface area (Å²) in [5, 5.41) is 13.6. The van der Waals surface area contributed by atoms with Crippen LogP contribution in [-0.4, -0.2) is 102 Å². The van der Waals surface area contributed by atoms with Crippen molar-refractivity contribution in [1.29, 1.82) is 0 Å². The lowest BCUT2D eigenvalue weighted by molar-refractivity contribution is -0.141. The number of carboxylic acid groups (broad SMARTS) is 1. The van der Waals surface area contributed by atoms with E-state index in [4.69, 9.17) is 14.2 Å². The van der Waals surface area contributed by atoms with Crippen LogP contribution < -0.4 is 14.8 Å². The zero-order chi connectivity index (χ0) is 32.3. The Kier molecular flexibility index (Phi) is 11.0. The average molecular weight is 618 g/mol. The van der Waals surface area contributed by atoms with Crippen molar-refractivity contribution in [2.45, 2.75) is 19.4 Å². The van der Waals surface area contributed by atoms with Gasteiger partial charge in [-0.15, -0.1) is 0 Å². The fourth-order valence-electron chi connectivity index (χ4n) is 4.94. The number of piperazine rings is 1. The standard InChI is InChI=1S/C22H26N4O7.C10H9NO/c1-3-33-22(31)26-9-8-25(13-14(26)10-20(28)29)19(27)12-23-21(30)17-11-18(32-2)15-6-4-5-7-16(15)24-17;1-12-10-6-7-11-9-5-3-2-4-8(9)10/h4-7,11,14H,3,8-10,12-13H2,1-2H3,(H,23,30)(H,28,29);2-7H,1H3. The maximum Gasteiger partial charge on any atom is 0.410 e. The SMILES string of the molecule is CCOC(=O)N1CCN(C(=O)CNC(=O)c2cc(OC)c3ccccc3n2)CC1CC(=O)O.COc1ccnc2ccccc12. The molecule has 236 valence electrons. The number of carbonyl (C=O) groups excluding carboxylic acids is 3. The first-order chi connectivity index (χ1) is 21.7. The van der Waals surface area contributed by atoms with E-state index in [0.29, 0.717) is 11.3 Å². The average Bonchev–Trinajstić information content (AvgIpc) is 3.06. The van der Waals surface area contributed by atoms with Crippen molar-refractivity contribution >= 4 is 45.7 Å². The third-order valence-electron chi connectivity index (χ3n) is 7.11. The number of nitrogens with zero attached hydrogens (tertiary/aromatic N) is 4. The highest BCUT2D eigenvalue weighted by molar-refractivity contribution is 5.98. The summed E-state index contributed by atoms with van der Waals surface area (Å²) in [6, 6.07) is 17.8. The summed E-state index contributed by atoms with van der Waals surface area (Å²) in [5.41, 5.74) is 1.66. The molecular formula is C32H35N5O8. The minimum absolute atomic E-state index is 0.0296. The van der Waals surface area contributed by atoms with Gasteiger partial charge in [0, 0.05) is 42.7 Å². The van der Waals surface area contributed by atoms with Gasteiger partial charge in [-0.05, 0) is 37.3 Å². The summed E-state index contributed by atoms with van der Waals surface area (Å²) >= 11 is 0. The van der Waals surface area contributed by atoms with Gasteiger partial charge in [0.1, 0.15) is 17.2 Å². The molecule has 2 aromatic carbocycles. The van der Waals surface area contributed by atoms with Crippen LogP contribution in [0.3, 0.4) is 0 Å². The molecule has 1 fully saturated rings. The predicted molar refractivity (Wildman–Crippen MR) is 165 cm³/mol. The number of methoxy groups -OCH3 is 2. The third kappa shape index (κ3) is 8.13. The van der Waals surface area contributed by atoms with Crippen LogP contribution >= 0.6 is 0 Å². The number of benzene rings is 2. The van der Waals surface area contributed by atoms with Gasteiger partial charge in [-0.3, -0.25) is 19.4 Å². The van der Waals surface area contributed by atoms with Gasteiger partial charge < -0.3 is 34.4 Å². The van der Waals surface area contributed by atoms with E-state index >= 15 is 0 Å². The second-order valence-corrected chi connectivity index (χ2v) is 9.92. The lowest BCUT2D eigenvalue weighted by Crippen LogP contribution is -2.58. The first-order valence-electron chi connectivity index (χ1n) is 14.3. The number of pyridine rings is 2. The Morgan fingerprint density at radius 1 is 0.933 bits per heavy atom. The van der Waals surface area contributed by atoms with E-state index in [0.717, 1.165) is 22.0 Å². The smallest absolute Gasteiger partial charge is 0.410 e. The molecule has 0 radical (unpaired) electrons. The minimum Gasteiger partial charge on any atom is -0.496 e. The first-order valence-corrected chi connectivity index (χ1v) is 14.3. The molecule has 0 aliphatic carbocycles. The number of hydrogen-bond donors (Lipinski definition) is 2. The Bertz CT molecular complexity index is 1680. The molecule has 5 rings (SSSR count). The van der Waals surface area contributed by atoms with Gasteiger partial charge in [-0.2, -0.15) is 0 Å². The monoisotopic (exact) mass is 617 g/mol. The molecule has 45 heavy (non-hydrogen) atoms. The van der Waals surface area contributed by atoms with Crippen LogP contribution in [0, 0.1) is 0 Å². The van der Waals surface area contributed by atoms with E-state index in [9.17, 15) is 24.3 Å². The van der Waals surface area contributed by atoms with E-state index < -0.39 is 29.9 Å². The van der Waals surface area contributed by atoms with Crippen molar-refractivity contribution in [2.75, 3.05) is 47.0 Å². The highest BCUT2D eigenvalue weighted by Crippen LogP contribution is 2.25. The maximum absolute atomic E-state index is 12.7. The second-order valence-electron chi connectivity index (χ2n) is 9.92. The van der Waals surface area contributed by atoms with Crippen molar-refractivity contribution in [2.24, 2.45) is 0 Å². The van der Waals surface area contributed by atoms with Crippen molar-refractivity contribution in [3.05, 3.63) is 72.6 Å². The normalized spacial score (nSPS) is 14.2. The van der Waals surface area contributed by atoms with Gasteiger partial charge in [0.25, 0.3) is 5.91 Å². The number of para-hydroxylation sites is 2. The lowest BCUT2D eigenvalue weighted by Gasteiger charge is -2.40. The Morgan fingerprint density at radius 2 is 1.60 bits per heavy atom. The summed E-state index contributed by atoms with van der Waals surface area (Å²) in [6.45, 7) is 1.90. The van der Waals surface area contributed by atoms with E-state index in [1.807, 2.05) is 42.5 Å². The Hall–Kier alpha value is -5.46. The number of nitrogens with one attached hydrogen (secondary N) is 1. The van der Waals surface area contributed by atoms with E-state index in [1.54, 1.807) is 32.4 Å². The molecule has 0 spiro atoms. The Balaban J connectivity index is 0.000000318. The summed E-state index contributed by atoms with van der Waals surface area (Å²) in [6.07, 6.45) is 0.817. The largest absolute Gasteiger partial charge is 0.496 e.